The summed E-state index contributed by atoms with van der Waals surface area (Å²) < 4.78 is 125. The number of hydrogen-bond acceptors (Lipinski definition) is 4. The quantitative estimate of drug-likeness (QED) is 0.490. The first-order valence-electron chi connectivity index (χ1n) is 5.18. The van der Waals surface area contributed by atoms with E-state index in [9.17, 15) is 43.2 Å². The highest BCUT2D eigenvalue weighted by molar-refractivity contribution is 8.14. The van der Waals surface area contributed by atoms with E-state index < -0.39 is 45.2 Å². The van der Waals surface area contributed by atoms with Crippen molar-refractivity contribution < 1.29 is 43.2 Å². The summed E-state index contributed by atoms with van der Waals surface area (Å²) in [6.07, 6.45) is 0. The molecule has 15 heteroatoms. The largest absolute Gasteiger partial charge is 0.428 e. The van der Waals surface area contributed by atoms with Crippen molar-refractivity contribution in [3.8, 4) is 0 Å². The molecule has 4 nitrogen and oxygen atoms in total. The van der Waals surface area contributed by atoms with Crippen molar-refractivity contribution in [2.75, 3.05) is 0 Å². The van der Waals surface area contributed by atoms with Gasteiger partial charge in [-0.05, 0) is 18.2 Å². The summed E-state index contributed by atoms with van der Waals surface area (Å²) in [7, 11) is -9.14. The van der Waals surface area contributed by atoms with Crippen LogP contribution in [0.15, 0.2) is 23.1 Å². The number of halogens is 9. The molecular formula is C9H3Cl3F6O4S2. The summed E-state index contributed by atoms with van der Waals surface area (Å²) in [6, 6.07) is 1.49. The van der Waals surface area contributed by atoms with E-state index in [0.717, 1.165) is 0 Å². The molecule has 0 saturated heterocycles. The Labute approximate surface area is 145 Å². The molecule has 0 spiro atoms. The second kappa shape index (κ2) is 6.08. The fourth-order valence-electron chi connectivity index (χ4n) is 1.32. The molecule has 138 valence electrons. The number of rotatable bonds is 5. The Morgan fingerprint density at radius 1 is 0.833 bits per heavy atom. The Hall–Kier alpha value is -0.430. The molecule has 0 aliphatic heterocycles. The lowest BCUT2D eigenvalue weighted by atomic mass is 10.3. The van der Waals surface area contributed by atoms with E-state index in [1.54, 1.807) is 0 Å². The summed E-state index contributed by atoms with van der Waals surface area (Å²) in [6.45, 7) is 0. The van der Waals surface area contributed by atoms with E-state index in [1.165, 1.54) is 0 Å². The molecular weight excluding hydrogens is 457 g/mol. The standard InChI is InChI=1S/C9H3Cl3F6O4S2/c10-4-1-2-6(5(11)3-4)23(19,20)8(15,16)7(13,14)9(17,18)24(12,21)22/h1-3H. The lowest BCUT2D eigenvalue weighted by Crippen LogP contribution is -2.59. The van der Waals surface area contributed by atoms with Crippen molar-refractivity contribution in [3.63, 3.8) is 0 Å². The van der Waals surface area contributed by atoms with Crippen molar-refractivity contribution in [2.45, 2.75) is 21.3 Å². The van der Waals surface area contributed by atoms with Gasteiger partial charge in [0.15, 0.2) is 0 Å². The minimum Gasteiger partial charge on any atom is -0.217 e. The van der Waals surface area contributed by atoms with Gasteiger partial charge in [0.25, 0.3) is 9.84 Å². The van der Waals surface area contributed by atoms with Crippen LogP contribution in [0.25, 0.3) is 0 Å². The van der Waals surface area contributed by atoms with Crippen LogP contribution in [-0.4, -0.2) is 33.3 Å². The zero-order chi connectivity index (χ0) is 19.4. The average molecular weight is 460 g/mol. The first-order valence-corrected chi connectivity index (χ1v) is 9.73. The Morgan fingerprint density at radius 2 is 1.29 bits per heavy atom. The molecule has 1 rings (SSSR count). The van der Waals surface area contributed by atoms with E-state index in [-0.39, 0.29) is 11.1 Å². The summed E-state index contributed by atoms with van der Waals surface area (Å²) in [5.74, 6) is -6.91. The first-order chi connectivity index (χ1) is 10.4. The van der Waals surface area contributed by atoms with E-state index in [0.29, 0.717) is 12.1 Å². The summed E-state index contributed by atoms with van der Waals surface area (Å²) in [4.78, 5) is -1.67. The van der Waals surface area contributed by atoms with E-state index >= 15 is 0 Å². The number of sulfone groups is 1. The monoisotopic (exact) mass is 458 g/mol. The van der Waals surface area contributed by atoms with Crippen molar-refractivity contribution >= 4 is 52.8 Å². The summed E-state index contributed by atoms with van der Waals surface area (Å²) in [5, 5.41) is -14.5. The maximum absolute atomic E-state index is 13.7. The number of hydrogen-bond donors (Lipinski definition) is 0. The lowest BCUT2D eigenvalue weighted by Gasteiger charge is -2.30. The Morgan fingerprint density at radius 3 is 1.67 bits per heavy atom. The zero-order valence-corrected chi connectivity index (χ0v) is 14.5. The van der Waals surface area contributed by atoms with Crippen LogP contribution in [0.5, 0.6) is 0 Å². The number of alkyl halides is 6. The third kappa shape index (κ3) is 3.06. The third-order valence-corrected chi connectivity index (χ3v) is 6.53. The molecule has 1 aromatic carbocycles. The molecule has 0 saturated carbocycles. The Kier molecular flexibility index (Phi) is 5.47. The Balaban J connectivity index is 3.68. The van der Waals surface area contributed by atoms with Gasteiger partial charge in [-0.2, -0.15) is 26.3 Å². The molecule has 0 atom stereocenters. The van der Waals surface area contributed by atoms with Gasteiger partial charge in [0.2, 0.25) is 0 Å². The van der Waals surface area contributed by atoms with E-state index in [4.69, 9.17) is 23.2 Å². The van der Waals surface area contributed by atoms with E-state index in [1.807, 2.05) is 0 Å². The van der Waals surface area contributed by atoms with Gasteiger partial charge in [-0.15, -0.1) is 0 Å². The van der Waals surface area contributed by atoms with Crippen LogP contribution >= 0.6 is 33.9 Å². The predicted molar refractivity (Wildman–Crippen MR) is 73.3 cm³/mol. The van der Waals surface area contributed by atoms with Crippen LogP contribution in [0.1, 0.15) is 0 Å². The van der Waals surface area contributed by atoms with Crippen LogP contribution in [0.3, 0.4) is 0 Å². The second-order valence-electron chi connectivity index (χ2n) is 4.12. The average Bonchev–Trinajstić information content (AvgIpc) is 2.35. The molecule has 1 aromatic rings. The third-order valence-electron chi connectivity index (χ3n) is 2.56. The second-order valence-corrected chi connectivity index (χ2v) is 9.53. The highest BCUT2D eigenvalue weighted by Gasteiger charge is 2.81. The smallest absolute Gasteiger partial charge is 0.217 e. The lowest BCUT2D eigenvalue weighted by molar-refractivity contribution is -0.243. The minimum atomic E-state index is -6.91. The van der Waals surface area contributed by atoms with Crippen LogP contribution in [-0.2, 0) is 18.9 Å². The van der Waals surface area contributed by atoms with Crippen LogP contribution < -0.4 is 0 Å². The molecule has 0 fully saturated rings. The molecule has 0 aromatic heterocycles. The predicted octanol–water partition coefficient (Wildman–Crippen LogP) is 4.16. The van der Waals surface area contributed by atoms with Gasteiger partial charge in [0.1, 0.15) is 0 Å². The molecule has 0 N–H and O–H groups in total. The van der Waals surface area contributed by atoms with Crippen molar-refractivity contribution in [1.29, 1.82) is 0 Å². The summed E-state index contributed by atoms with van der Waals surface area (Å²) >= 11 is 10.7. The van der Waals surface area contributed by atoms with Gasteiger partial charge in [-0.3, -0.25) is 0 Å². The highest BCUT2D eigenvalue weighted by Crippen LogP contribution is 2.53. The molecule has 0 radical (unpaired) electrons. The van der Waals surface area contributed by atoms with E-state index in [2.05, 4.69) is 10.7 Å². The fraction of sp³-hybridized carbons (Fsp3) is 0.333. The van der Waals surface area contributed by atoms with Gasteiger partial charge in [0.05, 0.1) is 9.92 Å². The van der Waals surface area contributed by atoms with Gasteiger partial charge >= 0.3 is 25.5 Å². The molecule has 0 unspecified atom stereocenters. The van der Waals surface area contributed by atoms with Crippen molar-refractivity contribution in [1.82, 2.24) is 0 Å². The maximum atomic E-state index is 13.7. The van der Waals surface area contributed by atoms with Gasteiger partial charge in [-0.25, -0.2) is 16.8 Å². The zero-order valence-electron chi connectivity index (χ0n) is 10.6. The van der Waals surface area contributed by atoms with Crippen molar-refractivity contribution in [2.24, 2.45) is 0 Å². The SMILES string of the molecule is O=S(=O)(Cl)C(F)(F)C(F)(F)C(F)(F)S(=O)(=O)c1ccc(Cl)cc1Cl. The Bertz CT molecular complexity index is 869. The minimum absolute atomic E-state index is 0.261. The molecule has 24 heavy (non-hydrogen) atoms. The van der Waals surface area contributed by atoms with Crippen LogP contribution in [0.4, 0.5) is 26.3 Å². The molecule has 0 heterocycles. The topological polar surface area (TPSA) is 68.3 Å². The van der Waals surface area contributed by atoms with Crippen molar-refractivity contribution in [3.05, 3.63) is 28.2 Å². The molecule has 0 aliphatic rings. The van der Waals surface area contributed by atoms with Crippen LogP contribution in [0.2, 0.25) is 10.0 Å². The first kappa shape index (κ1) is 21.6. The molecule has 0 aliphatic carbocycles. The highest BCUT2D eigenvalue weighted by atomic mass is 35.7. The molecule has 0 amide bonds. The molecule has 0 bridgehead atoms. The van der Waals surface area contributed by atoms with Gasteiger partial charge < -0.3 is 0 Å². The maximum Gasteiger partial charge on any atom is 0.428 e. The van der Waals surface area contributed by atoms with Gasteiger partial charge in [0, 0.05) is 15.7 Å². The number of benzene rings is 1. The normalized spacial score (nSPS) is 14.7. The van der Waals surface area contributed by atoms with Crippen LogP contribution in [0, 0.1) is 0 Å². The fourth-order valence-corrected chi connectivity index (χ4v) is 4.13. The summed E-state index contributed by atoms with van der Waals surface area (Å²) in [5.41, 5.74) is 0. The van der Waals surface area contributed by atoms with Gasteiger partial charge in [-0.1, -0.05) is 23.2 Å².